The molecule has 0 spiro atoms. The SMILES string of the molecule is CCO[Si](CCCNC(=O)N(C(=O)NCCC[Si](OCC)(OCC)OCC)c1ccccc1C(=O)O)(OCC)OCC. The molecule has 42 heavy (non-hydrogen) atoms. The maximum absolute atomic E-state index is 13.3. The molecule has 0 radical (unpaired) electrons. The van der Waals surface area contributed by atoms with E-state index in [2.05, 4.69) is 10.6 Å². The second-order valence-electron chi connectivity index (χ2n) is 8.79. The van der Waals surface area contributed by atoms with Crippen LogP contribution in [0.5, 0.6) is 0 Å². The van der Waals surface area contributed by atoms with Gasteiger partial charge >= 0.3 is 35.6 Å². The van der Waals surface area contributed by atoms with E-state index in [1.54, 1.807) is 6.07 Å². The van der Waals surface area contributed by atoms with Crippen LogP contribution in [-0.2, 0) is 26.6 Å². The molecular weight excluding hydrogens is 582 g/mol. The van der Waals surface area contributed by atoms with Crippen molar-refractivity contribution >= 4 is 41.3 Å². The number of carbonyl (C=O) groups is 3. The number of urea groups is 2. The van der Waals surface area contributed by atoms with Crippen LogP contribution in [0.1, 0.15) is 64.7 Å². The minimum absolute atomic E-state index is 0.0525. The third-order valence-corrected chi connectivity index (χ3v) is 12.1. The maximum atomic E-state index is 13.3. The smallest absolute Gasteiger partial charge is 0.478 e. The van der Waals surface area contributed by atoms with Gasteiger partial charge in [0.15, 0.2) is 0 Å². The summed E-state index contributed by atoms with van der Waals surface area (Å²) in [4.78, 5) is 39.4. The van der Waals surface area contributed by atoms with E-state index < -0.39 is 35.6 Å². The Hall–Kier alpha value is -2.38. The monoisotopic (exact) mass is 631 g/mol. The van der Waals surface area contributed by atoms with Gasteiger partial charge in [-0.1, -0.05) is 12.1 Å². The zero-order valence-electron chi connectivity index (χ0n) is 25.9. The molecule has 0 fully saturated rings. The minimum Gasteiger partial charge on any atom is -0.478 e. The van der Waals surface area contributed by atoms with E-state index >= 15 is 0 Å². The molecule has 0 saturated carbocycles. The predicted octanol–water partition coefficient (Wildman–Crippen LogP) is 4.49. The molecule has 0 bridgehead atoms. The molecule has 0 heterocycles. The van der Waals surface area contributed by atoms with E-state index in [-0.39, 0.29) is 24.3 Å². The van der Waals surface area contributed by atoms with Gasteiger partial charge in [0.2, 0.25) is 0 Å². The van der Waals surface area contributed by atoms with Crippen molar-refractivity contribution in [3.63, 3.8) is 0 Å². The summed E-state index contributed by atoms with van der Waals surface area (Å²) < 4.78 is 35.1. The van der Waals surface area contributed by atoms with Gasteiger partial charge in [-0.25, -0.2) is 19.3 Å². The van der Waals surface area contributed by atoms with Gasteiger partial charge in [0, 0.05) is 64.8 Å². The van der Waals surface area contributed by atoms with Crippen molar-refractivity contribution < 1.29 is 46.0 Å². The topological polar surface area (TPSA) is 154 Å². The van der Waals surface area contributed by atoms with Gasteiger partial charge in [-0.15, -0.1) is 0 Å². The molecule has 0 aliphatic heterocycles. The lowest BCUT2D eigenvalue weighted by molar-refractivity contribution is 0.0690. The third-order valence-electron chi connectivity index (χ3n) is 5.84. The second kappa shape index (κ2) is 20.5. The number of carboxylic acids is 1. The Balaban J connectivity index is 3.01. The van der Waals surface area contributed by atoms with Gasteiger partial charge < -0.3 is 42.3 Å². The number of para-hydroxylation sites is 1. The van der Waals surface area contributed by atoms with Crippen LogP contribution in [0.4, 0.5) is 15.3 Å². The van der Waals surface area contributed by atoms with Crippen LogP contribution in [0.3, 0.4) is 0 Å². The molecule has 13 nitrogen and oxygen atoms in total. The third kappa shape index (κ3) is 12.1. The standard InChI is InChI=1S/C27H49N3O10Si2/c1-7-35-41(36-8-2,37-9-3)21-15-19-28-26(33)30(24-18-14-13-17-23(24)25(31)32)27(34)29-20-16-22-42(38-10-4,39-11-5)40-12-6/h13-14,17-18H,7-12,15-16,19-22H2,1-6H3,(H,28,33)(H,29,34)(H,31,32). The van der Waals surface area contributed by atoms with Crippen LogP contribution in [-0.4, -0.2) is 93.5 Å². The van der Waals surface area contributed by atoms with Crippen LogP contribution in [0, 0.1) is 0 Å². The molecular formula is C27H49N3O10Si2. The minimum atomic E-state index is -2.91. The lowest BCUT2D eigenvalue weighted by Gasteiger charge is -2.29. The Morgan fingerprint density at radius 1 is 0.667 bits per heavy atom. The van der Waals surface area contributed by atoms with E-state index in [1.165, 1.54) is 18.2 Å². The van der Waals surface area contributed by atoms with E-state index in [9.17, 15) is 19.5 Å². The molecule has 1 rings (SSSR count). The normalized spacial score (nSPS) is 11.8. The summed E-state index contributed by atoms with van der Waals surface area (Å²) >= 11 is 0. The van der Waals surface area contributed by atoms with Crippen molar-refractivity contribution in [3.05, 3.63) is 29.8 Å². The van der Waals surface area contributed by atoms with Crippen molar-refractivity contribution in [2.45, 2.75) is 66.5 Å². The Morgan fingerprint density at radius 2 is 1.02 bits per heavy atom. The van der Waals surface area contributed by atoms with Crippen LogP contribution in [0.15, 0.2) is 24.3 Å². The number of carboxylic acid groups (broad SMARTS) is 1. The molecule has 0 aliphatic rings. The Labute approximate surface area is 251 Å². The van der Waals surface area contributed by atoms with Gasteiger partial charge in [0.1, 0.15) is 0 Å². The Kier molecular flexibility index (Phi) is 18.4. The largest absolute Gasteiger partial charge is 0.500 e. The van der Waals surface area contributed by atoms with Gasteiger partial charge in [0.05, 0.1) is 11.3 Å². The number of imide groups is 1. The average molecular weight is 632 g/mol. The van der Waals surface area contributed by atoms with Crippen molar-refractivity contribution in [3.8, 4) is 0 Å². The van der Waals surface area contributed by atoms with Crippen LogP contribution in [0.25, 0.3) is 0 Å². The lowest BCUT2D eigenvalue weighted by atomic mass is 10.1. The number of aromatic carboxylic acids is 1. The molecule has 3 N–H and O–H groups in total. The van der Waals surface area contributed by atoms with Crippen LogP contribution in [0.2, 0.25) is 12.1 Å². The number of anilines is 1. The first kappa shape index (κ1) is 37.6. The first-order chi connectivity index (χ1) is 20.2. The van der Waals surface area contributed by atoms with E-state index in [0.29, 0.717) is 64.6 Å². The number of carbonyl (C=O) groups excluding carboxylic acids is 2. The first-order valence-corrected chi connectivity index (χ1v) is 18.6. The van der Waals surface area contributed by atoms with Crippen LogP contribution < -0.4 is 15.5 Å². The lowest BCUT2D eigenvalue weighted by Crippen LogP contribution is -2.51. The van der Waals surface area contributed by atoms with E-state index in [0.717, 1.165) is 4.90 Å². The average Bonchev–Trinajstić information content (AvgIpc) is 2.95. The fourth-order valence-electron chi connectivity index (χ4n) is 4.32. The fraction of sp³-hybridized carbons (Fsp3) is 0.667. The molecule has 1 aromatic carbocycles. The summed E-state index contributed by atoms with van der Waals surface area (Å²) in [6, 6.07) is 5.24. The predicted molar refractivity (Wildman–Crippen MR) is 163 cm³/mol. The van der Waals surface area contributed by atoms with Gasteiger partial charge in [0.25, 0.3) is 0 Å². The summed E-state index contributed by atoms with van der Waals surface area (Å²) in [5.41, 5.74) is -0.239. The van der Waals surface area contributed by atoms with Crippen molar-refractivity contribution in [2.75, 3.05) is 57.6 Å². The highest BCUT2D eigenvalue weighted by Crippen LogP contribution is 2.22. The zero-order valence-corrected chi connectivity index (χ0v) is 27.9. The van der Waals surface area contributed by atoms with Gasteiger partial charge in [-0.2, -0.15) is 0 Å². The summed E-state index contributed by atoms with van der Waals surface area (Å²) in [5.74, 6) is -1.27. The first-order valence-electron chi connectivity index (χ1n) is 14.7. The number of rotatable bonds is 22. The molecule has 0 aromatic heterocycles. The highest BCUT2D eigenvalue weighted by atomic mass is 28.4. The fourth-order valence-corrected chi connectivity index (χ4v) is 9.55. The molecule has 0 saturated heterocycles. The second-order valence-corrected chi connectivity index (χ2v) is 14.3. The number of nitrogens with zero attached hydrogens (tertiary/aromatic N) is 1. The highest BCUT2D eigenvalue weighted by Gasteiger charge is 2.41. The number of amides is 4. The van der Waals surface area contributed by atoms with E-state index in [4.69, 9.17) is 26.6 Å². The molecule has 0 atom stereocenters. The molecule has 1 aromatic rings. The van der Waals surface area contributed by atoms with Crippen molar-refractivity contribution in [1.82, 2.24) is 10.6 Å². The molecule has 0 aliphatic carbocycles. The number of hydrogen-bond acceptors (Lipinski definition) is 9. The van der Waals surface area contributed by atoms with E-state index in [1.807, 2.05) is 41.5 Å². The number of hydrogen-bond donors (Lipinski definition) is 3. The van der Waals surface area contributed by atoms with Crippen molar-refractivity contribution in [2.24, 2.45) is 0 Å². The highest BCUT2D eigenvalue weighted by molar-refractivity contribution is 6.61. The summed E-state index contributed by atoms with van der Waals surface area (Å²) in [6.45, 7) is 14.2. The maximum Gasteiger partial charge on any atom is 0.500 e. The molecule has 15 heteroatoms. The Morgan fingerprint density at radius 3 is 1.36 bits per heavy atom. The summed E-state index contributed by atoms with van der Waals surface area (Å²) in [7, 11) is -5.82. The molecule has 240 valence electrons. The summed E-state index contributed by atoms with van der Waals surface area (Å²) in [5, 5.41) is 15.2. The van der Waals surface area contributed by atoms with Gasteiger partial charge in [-0.05, 0) is 66.5 Å². The Bertz CT molecular complexity index is 876. The quantitative estimate of drug-likeness (QED) is 0.123. The zero-order chi connectivity index (χ0) is 31.4. The number of nitrogens with one attached hydrogen (secondary N) is 2. The van der Waals surface area contributed by atoms with Crippen LogP contribution >= 0.6 is 0 Å². The van der Waals surface area contributed by atoms with Gasteiger partial charge in [-0.3, -0.25) is 0 Å². The molecule has 4 amide bonds. The number of benzene rings is 1. The van der Waals surface area contributed by atoms with Crippen molar-refractivity contribution in [1.29, 1.82) is 0 Å². The molecule has 0 unspecified atom stereocenters. The summed E-state index contributed by atoms with van der Waals surface area (Å²) in [6.07, 6.45) is 0.931.